The number of rotatable bonds is 2. The summed E-state index contributed by atoms with van der Waals surface area (Å²) in [6, 6.07) is 12.2. The molecule has 1 saturated heterocycles. The van der Waals surface area contributed by atoms with Crippen LogP contribution in [0.25, 0.3) is 0 Å². The molecule has 0 spiro atoms. The highest BCUT2D eigenvalue weighted by Crippen LogP contribution is 2.38. The van der Waals surface area contributed by atoms with Gasteiger partial charge >= 0.3 is 0 Å². The minimum atomic E-state index is -0.0289. The van der Waals surface area contributed by atoms with Gasteiger partial charge in [0.15, 0.2) is 0 Å². The minimum absolute atomic E-state index is 0.0289. The highest BCUT2D eigenvalue weighted by atomic mass is 16.5. The fourth-order valence-corrected chi connectivity index (χ4v) is 2.25. The lowest BCUT2D eigenvalue weighted by molar-refractivity contribution is -0.0397. The molecule has 1 aromatic carbocycles. The van der Waals surface area contributed by atoms with Crippen LogP contribution in [0.1, 0.15) is 11.3 Å². The summed E-state index contributed by atoms with van der Waals surface area (Å²) < 4.78 is 5.40. The zero-order valence-electron chi connectivity index (χ0n) is 8.94. The maximum Gasteiger partial charge on any atom is 0.0820 e. The molecule has 82 valence electrons. The van der Waals surface area contributed by atoms with Crippen molar-refractivity contribution in [2.75, 3.05) is 18.9 Å². The monoisotopic (exact) mass is 214 g/mol. The lowest BCUT2D eigenvalue weighted by Gasteiger charge is -2.41. The van der Waals surface area contributed by atoms with Gasteiger partial charge in [0.25, 0.3) is 0 Å². The second kappa shape index (κ2) is 3.39. The molecule has 0 bridgehead atoms. The van der Waals surface area contributed by atoms with Crippen molar-refractivity contribution in [3.63, 3.8) is 0 Å². The fourth-order valence-electron chi connectivity index (χ4n) is 2.25. The van der Waals surface area contributed by atoms with Crippen LogP contribution in [0.3, 0.4) is 0 Å². The molecule has 16 heavy (non-hydrogen) atoms. The standard InChI is InChI=1S/C13H14N2O/c14-11-4-1-3-10(7-11)13(8-16-9-13)12-5-2-6-15-12/h1-7,15H,8-9,14H2. The third-order valence-corrected chi connectivity index (χ3v) is 3.25. The number of aromatic amines is 1. The van der Waals surface area contributed by atoms with E-state index in [1.165, 1.54) is 11.3 Å². The molecule has 0 amide bonds. The molecule has 3 nitrogen and oxygen atoms in total. The quantitative estimate of drug-likeness (QED) is 0.750. The van der Waals surface area contributed by atoms with Crippen LogP contribution < -0.4 is 5.73 Å². The highest BCUT2D eigenvalue weighted by molar-refractivity contribution is 5.47. The van der Waals surface area contributed by atoms with Crippen molar-refractivity contribution in [2.45, 2.75) is 5.41 Å². The largest absolute Gasteiger partial charge is 0.399 e. The van der Waals surface area contributed by atoms with Gasteiger partial charge in [0.2, 0.25) is 0 Å². The molecule has 3 rings (SSSR count). The Hall–Kier alpha value is -1.74. The maximum atomic E-state index is 5.84. The van der Waals surface area contributed by atoms with Crippen molar-refractivity contribution in [1.82, 2.24) is 4.98 Å². The zero-order chi connectivity index (χ0) is 11.0. The Kier molecular flexibility index (Phi) is 2.01. The van der Waals surface area contributed by atoms with Crippen LogP contribution in [-0.4, -0.2) is 18.2 Å². The number of aromatic nitrogens is 1. The Morgan fingerprint density at radius 1 is 1.19 bits per heavy atom. The van der Waals surface area contributed by atoms with Crippen LogP contribution in [0, 0.1) is 0 Å². The lowest BCUT2D eigenvalue weighted by atomic mass is 9.76. The summed E-state index contributed by atoms with van der Waals surface area (Å²) in [6.07, 6.45) is 1.95. The molecule has 3 heteroatoms. The SMILES string of the molecule is Nc1cccc(C2(c3ccc[nH]3)COC2)c1. The topological polar surface area (TPSA) is 51.0 Å². The molecule has 3 N–H and O–H groups in total. The predicted octanol–water partition coefficient (Wildman–Crippen LogP) is 1.91. The Balaban J connectivity index is 2.09. The first-order valence-electron chi connectivity index (χ1n) is 5.39. The van der Waals surface area contributed by atoms with Gasteiger partial charge < -0.3 is 15.5 Å². The summed E-state index contributed by atoms with van der Waals surface area (Å²) in [5, 5.41) is 0. The Labute approximate surface area is 94.2 Å². The Morgan fingerprint density at radius 3 is 2.62 bits per heavy atom. The fraction of sp³-hybridized carbons (Fsp3) is 0.231. The molecule has 0 aliphatic carbocycles. The Bertz CT molecular complexity index is 486. The molecule has 1 aliphatic rings. The number of anilines is 1. The first-order valence-corrected chi connectivity index (χ1v) is 5.39. The van der Waals surface area contributed by atoms with Gasteiger partial charge in [-0.1, -0.05) is 12.1 Å². The van der Waals surface area contributed by atoms with Gasteiger partial charge in [-0.3, -0.25) is 0 Å². The van der Waals surface area contributed by atoms with Crippen LogP contribution >= 0.6 is 0 Å². The third kappa shape index (κ3) is 1.25. The van der Waals surface area contributed by atoms with E-state index in [1.54, 1.807) is 0 Å². The van der Waals surface area contributed by atoms with E-state index in [1.807, 2.05) is 30.5 Å². The third-order valence-electron chi connectivity index (χ3n) is 3.25. The normalized spacial score (nSPS) is 18.0. The van der Waals surface area contributed by atoms with Gasteiger partial charge in [-0.2, -0.15) is 0 Å². The van der Waals surface area contributed by atoms with Crippen LogP contribution in [0.2, 0.25) is 0 Å². The van der Waals surface area contributed by atoms with Crippen LogP contribution in [0.4, 0.5) is 5.69 Å². The number of nitrogens with two attached hydrogens (primary N) is 1. The summed E-state index contributed by atoms with van der Waals surface area (Å²) in [4.78, 5) is 3.28. The number of hydrogen-bond acceptors (Lipinski definition) is 2. The summed E-state index contributed by atoms with van der Waals surface area (Å²) in [6.45, 7) is 1.44. The van der Waals surface area contributed by atoms with Gasteiger partial charge in [0.1, 0.15) is 0 Å². The van der Waals surface area contributed by atoms with Gasteiger partial charge in [-0.15, -0.1) is 0 Å². The molecule has 0 saturated carbocycles. The van der Waals surface area contributed by atoms with Crippen molar-refractivity contribution in [3.8, 4) is 0 Å². The van der Waals surface area contributed by atoms with E-state index in [0.717, 1.165) is 18.9 Å². The van der Waals surface area contributed by atoms with E-state index >= 15 is 0 Å². The number of H-pyrrole nitrogens is 1. The van der Waals surface area contributed by atoms with Crippen molar-refractivity contribution in [2.24, 2.45) is 0 Å². The van der Waals surface area contributed by atoms with Gasteiger partial charge in [-0.05, 0) is 29.8 Å². The molecule has 1 fully saturated rings. The molecule has 1 aliphatic heterocycles. The molecule has 2 aromatic rings. The van der Waals surface area contributed by atoms with Crippen LogP contribution in [-0.2, 0) is 10.2 Å². The van der Waals surface area contributed by atoms with E-state index in [-0.39, 0.29) is 5.41 Å². The van der Waals surface area contributed by atoms with Gasteiger partial charge in [0.05, 0.1) is 18.6 Å². The second-order valence-corrected chi connectivity index (χ2v) is 4.28. The van der Waals surface area contributed by atoms with E-state index in [2.05, 4.69) is 17.1 Å². The summed E-state index contributed by atoms with van der Waals surface area (Å²) in [7, 11) is 0. The van der Waals surface area contributed by atoms with Crippen molar-refractivity contribution >= 4 is 5.69 Å². The van der Waals surface area contributed by atoms with Crippen LogP contribution in [0.15, 0.2) is 42.6 Å². The summed E-state index contributed by atoms with van der Waals surface area (Å²) in [5.41, 5.74) is 9.03. The van der Waals surface area contributed by atoms with E-state index in [9.17, 15) is 0 Å². The molecule has 2 heterocycles. The van der Waals surface area contributed by atoms with E-state index in [4.69, 9.17) is 10.5 Å². The van der Waals surface area contributed by atoms with Crippen molar-refractivity contribution < 1.29 is 4.74 Å². The summed E-state index contributed by atoms with van der Waals surface area (Å²) >= 11 is 0. The van der Waals surface area contributed by atoms with E-state index < -0.39 is 0 Å². The number of ether oxygens (including phenoxy) is 1. The van der Waals surface area contributed by atoms with Crippen LogP contribution in [0.5, 0.6) is 0 Å². The van der Waals surface area contributed by atoms with Gasteiger partial charge in [0, 0.05) is 17.6 Å². The number of hydrogen-bond donors (Lipinski definition) is 2. The molecular formula is C13H14N2O. The summed E-state index contributed by atoms with van der Waals surface area (Å²) in [5.74, 6) is 0. The maximum absolute atomic E-state index is 5.84. The first kappa shape index (κ1) is 9.48. The molecule has 0 unspecified atom stereocenters. The van der Waals surface area contributed by atoms with Gasteiger partial charge in [-0.25, -0.2) is 0 Å². The first-order chi connectivity index (χ1) is 7.81. The smallest absolute Gasteiger partial charge is 0.0820 e. The number of nitrogens with one attached hydrogen (secondary N) is 1. The molecule has 0 radical (unpaired) electrons. The van der Waals surface area contributed by atoms with Crippen molar-refractivity contribution in [1.29, 1.82) is 0 Å². The highest BCUT2D eigenvalue weighted by Gasteiger charge is 2.42. The van der Waals surface area contributed by atoms with Crippen molar-refractivity contribution in [3.05, 3.63) is 53.9 Å². The minimum Gasteiger partial charge on any atom is -0.399 e. The Morgan fingerprint density at radius 2 is 2.06 bits per heavy atom. The average Bonchev–Trinajstić information content (AvgIpc) is 2.70. The lowest BCUT2D eigenvalue weighted by Crippen LogP contribution is -2.47. The number of benzene rings is 1. The molecular weight excluding hydrogens is 200 g/mol. The molecule has 0 atom stereocenters. The average molecular weight is 214 g/mol. The van der Waals surface area contributed by atoms with E-state index in [0.29, 0.717) is 0 Å². The molecule has 1 aromatic heterocycles. The zero-order valence-corrected chi connectivity index (χ0v) is 8.94. The number of nitrogen functional groups attached to an aromatic ring is 1. The predicted molar refractivity (Wildman–Crippen MR) is 63.2 cm³/mol. The second-order valence-electron chi connectivity index (χ2n) is 4.28.